The van der Waals surface area contributed by atoms with Crippen LogP contribution in [0.3, 0.4) is 0 Å². The second-order valence-corrected chi connectivity index (χ2v) is 12.5. The number of hydrogen-bond acceptors (Lipinski definition) is 5. The molecule has 3 fully saturated rings. The summed E-state index contributed by atoms with van der Waals surface area (Å²) in [6.07, 6.45) is 2.92. The fraction of sp³-hybridized carbons (Fsp3) is 0.536. The van der Waals surface area contributed by atoms with E-state index in [1.807, 2.05) is 37.3 Å². The van der Waals surface area contributed by atoms with Crippen LogP contribution in [0.2, 0.25) is 0 Å². The van der Waals surface area contributed by atoms with Crippen LogP contribution in [0.5, 0.6) is 0 Å². The molecule has 2 aromatic rings. The van der Waals surface area contributed by atoms with Crippen molar-refractivity contribution in [1.82, 2.24) is 9.62 Å². The van der Waals surface area contributed by atoms with Gasteiger partial charge in [0.15, 0.2) is 0 Å². The summed E-state index contributed by atoms with van der Waals surface area (Å²) in [5, 5.41) is 2.46. The van der Waals surface area contributed by atoms with Crippen LogP contribution < -0.4 is 5.32 Å². The molecule has 9 heteroatoms. The fourth-order valence-corrected chi connectivity index (χ4v) is 8.02. The smallest absolute Gasteiger partial charge is 0.231 e. The van der Waals surface area contributed by atoms with Gasteiger partial charge in [0.05, 0.1) is 18.1 Å². The first-order valence-corrected chi connectivity index (χ1v) is 14.6. The van der Waals surface area contributed by atoms with Gasteiger partial charge in [-0.15, -0.1) is 0 Å². The second kappa shape index (κ2) is 10.8. The molecule has 7 nitrogen and oxygen atoms in total. The highest BCUT2D eigenvalue weighted by Gasteiger charge is 2.44. The van der Waals surface area contributed by atoms with Gasteiger partial charge in [-0.1, -0.05) is 42.5 Å². The van der Waals surface area contributed by atoms with E-state index in [1.54, 1.807) is 12.1 Å². The number of amides is 1. The zero-order valence-corrected chi connectivity index (χ0v) is 22.0. The maximum atomic E-state index is 15.6. The molecule has 3 heterocycles. The molecule has 3 aliphatic rings. The van der Waals surface area contributed by atoms with Gasteiger partial charge in [-0.3, -0.25) is 4.79 Å². The molecule has 0 bridgehead atoms. The van der Waals surface area contributed by atoms with Crippen LogP contribution in [0.4, 0.5) is 4.39 Å². The van der Waals surface area contributed by atoms with E-state index in [0.29, 0.717) is 63.2 Å². The first kappa shape index (κ1) is 26.3. The van der Waals surface area contributed by atoms with Crippen molar-refractivity contribution in [3.63, 3.8) is 0 Å². The summed E-state index contributed by atoms with van der Waals surface area (Å²) in [7, 11) is -3.68. The topological polar surface area (TPSA) is 84.9 Å². The molecule has 0 spiro atoms. The zero-order chi connectivity index (χ0) is 26.0. The van der Waals surface area contributed by atoms with E-state index >= 15 is 4.39 Å². The van der Waals surface area contributed by atoms with Gasteiger partial charge in [0.1, 0.15) is 11.1 Å². The Hall–Kier alpha value is -2.33. The van der Waals surface area contributed by atoms with Crippen LogP contribution >= 0.6 is 0 Å². The third kappa shape index (κ3) is 5.19. The number of benzene rings is 2. The molecule has 0 saturated carbocycles. The van der Waals surface area contributed by atoms with Crippen molar-refractivity contribution in [2.24, 2.45) is 0 Å². The van der Waals surface area contributed by atoms with Crippen molar-refractivity contribution in [1.29, 1.82) is 0 Å². The molecule has 3 saturated heterocycles. The van der Waals surface area contributed by atoms with Crippen molar-refractivity contribution in [3.05, 3.63) is 71.0 Å². The fourth-order valence-electron chi connectivity index (χ4n) is 5.83. The summed E-state index contributed by atoms with van der Waals surface area (Å²) >= 11 is 0. The molecule has 2 aromatic carbocycles. The van der Waals surface area contributed by atoms with Crippen molar-refractivity contribution in [2.45, 2.75) is 68.3 Å². The molecule has 200 valence electrons. The number of carbonyl (C=O) groups is 1. The third-order valence-corrected chi connectivity index (χ3v) is 10.5. The van der Waals surface area contributed by atoms with Gasteiger partial charge >= 0.3 is 0 Å². The summed E-state index contributed by atoms with van der Waals surface area (Å²) in [6, 6.07) is 13.8. The minimum Gasteiger partial charge on any atom is -0.381 e. The molecular formula is C28H35FN2O5S. The Kier molecular flexibility index (Phi) is 7.68. The number of rotatable bonds is 6. The Morgan fingerprint density at radius 2 is 1.81 bits per heavy atom. The lowest BCUT2D eigenvalue weighted by molar-refractivity contribution is -0.131. The van der Waals surface area contributed by atoms with Crippen LogP contribution in [-0.2, 0) is 36.3 Å². The number of nitrogens with one attached hydrogen (secondary N) is 1. The maximum absolute atomic E-state index is 15.6. The van der Waals surface area contributed by atoms with Gasteiger partial charge in [-0.25, -0.2) is 12.8 Å². The lowest BCUT2D eigenvalue weighted by Gasteiger charge is -2.38. The Bertz CT molecular complexity index is 1210. The van der Waals surface area contributed by atoms with Gasteiger partial charge in [-0.2, -0.15) is 4.31 Å². The van der Waals surface area contributed by atoms with Crippen LogP contribution in [-0.4, -0.2) is 57.1 Å². The first-order chi connectivity index (χ1) is 17.8. The summed E-state index contributed by atoms with van der Waals surface area (Å²) < 4.78 is 55.1. The zero-order valence-electron chi connectivity index (χ0n) is 21.2. The number of nitrogens with zero attached hydrogens (tertiary/aromatic N) is 1. The highest BCUT2D eigenvalue weighted by molar-refractivity contribution is 7.89. The summed E-state index contributed by atoms with van der Waals surface area (Å²) in [6.45, 7) is 3.77. The van der Waals surface area contributed by atoms with Crippen molar-refractivity contribution in [2.75, 3.05) is 26.4 Å². The number of hydrogen-bond donors (Lipinski definition) is 1. The van der Waals surface area contributed by atoms with E-state index in [4.69, 9.17) is 9.47 Å². The standard InChI is InChI=1S/C28H35FN2O5S/c1-20-7-10-26(21-5-3-2-4-6-21)37(33,34)31(20)18-22-8-9-23(17-25(22)29)28(12-15-35-16-13-28)27(32)30-24-11-14-36-19-24/h2-6,8-9,17,20,24,26H,7,10-16,18-19H2,1H3,(H,30,32)/t20-,24?,26+/m0/s1. The summed E-state index contributed by atoms with van der Waals surface area (Å²) in [5.74, 6) is -0.624. The molecule has 1 unspecified atom stereocenters. The predicted molar refractivity (Wildman–Crippen MR) is 138 cm³/mol. The highest BCUT2D eigenvalue weighted by Crippen LogP contribution is 2.40. The van der Waals surface area contributed by atoms with E-state index < -0.39 is 26.5 Å². The average Bonchev–Trinajstić information content (AvgIpc) is 3.41. The first-order valence-electron chi connectivity index (χ1n) is 13.1. The van der Waals surface area contributed by atoms with E-state index in [9.17, 15) is 13.2 Å². The van der Waals surface area contributed by atoms with Crippen LogP contribution in [0, 0.1) is 5.82 Å². The van der Waals surface area contributed by atoms with E-state index in [0.717, 1.165) is 12.0 Å². The summed E-state index contributed by atoms with van der Waals surface area (Å²) in [5.41, 5.74) is 0.781. The lowest BCUT2D eigenvalue weighted by atomic mass is 9.73. The van der Waals surface area contributed by atoms with E-state index in [1.165, 1.54) is 10.4 Å². The van der Waals surface area contributed by atoms with Gasteiger partial charge in [-0.05, 0) is 56.2 Å². The molecule has 37 heavy (non-hydrogen) atoms. The Morgan fingerprint density at radius 3 is 2.49 bits per heavy atom. The van der Waals surface area contributed by atoms with Gasteiger partial charge < -0.3 is 14.8 Å². The molecule has 1 amide bonds. The molecule has 3 aliphatic heterocycles. The molecule has 3 atom stereocenters. The minimum absolute atomic E-state index is 0.0410. The molecule has 0 radical (unpaired) electrons. The van der Waals surface area contributed by atoms with Gasteiger partial charge in [0, 0.05) is 38.0 Å². The summed E-state index contributed by atoms with van der Waals surface area (Å²) in [4.78, 5) is 13.5. The molecule has 0 aromatic heterocycles. The number of ether oxygens (including phenoxy) is 2. The normalized spacial score (nSPS) is 27.6. The van der Waals surface area contributed by atoms with E-state index in [-0.39, 0.29) is 24.5 Å². The average molecular weight is 531 g/mol. The van der Waals surface area contributed by atoms with Gasteiger partial charge in [0.2, 0.25) is 15.9 Å². The molecule has 5 rings (SSSR count). The SMILES string of the molecule is C[C@H]1CC[C@H](c2ccccc2)S(=O)(=O)N1Cc1ccc(C2(C(=O)NC3CCOC3)CCOCC2)cc1F. The minimum atomic E-state index is -3.68. The Morgan fingerprint density at radius 1 is 1.05 bits per heavy atom. The number of carbonyl (C=O) groups excluding carboxylic acids is 1. The molecule has 0 aliphatic carbocycles. The Balaban J connectivity index is 1.40. The molecule has 1 N–H and O–H groups in total. The Labute approximate surface area is 218 Å². The van der Waals surface area contributed by atoms with Crippen LogP contribution in [0.25, 0.3) is 0 Å². The maximum Gasteiger partial charge on any atom is 0.231 e. The second-order valence-electron chi connectivity index (χ2n) is 10.5. The number of sulfonamides is 1. The van der Waals surface area contributed by atoms with Crippen molar-refractivity contribution >= 4 is 15.9 Å². The van der Waals surface area contributed by atoms with Crippen molar-refractivity contribution < 1.29 is 27.1 Å². The highest BCUT2D eigenvalue weighted by atomic mass is 32.2. The monoisotopic (exact) mass is 530 g/mol. The van der Waals surface area contributed by atoms with E-state index in [2.05, 4.69) is 5.32 Å². The predicted octanol–water partition coefficient (Wildman–Crippen LogP) is 3.83. The lowest BCUT2D eigenvalue weighted by Crippen LogP contribution is -2.51. The quantitative estimate of drug-likeness (QED) is 0.614. The largest absolute Gasteiger partial charge is 0.381 e. The number of halogens is 1. The van der Waals surface area contributed by atoms with Crippen LogP contribution in [0.15, 0.2) is 48.5 Å². The third-order valence-electron chi connectivity index (χ3n) is 8.17. The van der Waals surface area contributed by atoms with Crippen molar-refractivity contribution in [3.8, 4) is 0 Å². The van der Waals surface area contributed by atoms with Crippen LogP contribution in [0.1, 0.15) is 61.0 Å². The van der Waals surface area contributed by atoms with Gasteiger partial charge in [0.25, 0.3) is 0 Å². The molecular weight excluding hydrogens is 495 g/mol.